The van der Waals surface area contributed by atoms with Crippen LogP contribution >= 0.6 is 0 Å². The molecule has 0 saturated carbocycles. The molecule has 0 aliphatic heterocycles. The zero-order valence-electron chi connectivity index (χ0n) is 13.2. The molecule has 0 radical (unpaired) electrons. The van der Waals surface area contributed by atoms with Crippen molar-refractivity contribution >= 4 is 0 Å². The number of hydrogen-bond donors (Lipinski definition) is 0. The Morgan fingerprint density at radius 2 is 0.926 bits per heavy atom. The van der Waals surface area contributed by atoms with Crippen molar-refractivity contribution in [3.05, 3.63) is 0 Å². The van der Waals surface area contributed by atoms with Gasteiger partial charge in [-0.3, -0.25) is 0 Å². The number of terminal acetylenes is 1. The summed E-state index contributed by atoms with van der Waals surface area (Å²) in [6.45, 7) is 0. The van der Waals surface area contributed by atoms with Gasteiger partial charge in [0.1, 0.15) is 0 Å². The van der Waals surface area contributed by atoms with Crippen molar-refractivity contribution in [3.63, 3.8) is 0 Å². The Kier molecular flexibility index (Phi) is 7.55. The molecule has 0 amide bonds. The molecule has 0 nitrogen and oxygen atoms in total. The fourth-order valence-electron chi connectivity index (χ4n) is 1.89. The van der Waals surface area contributed by atoms with E-state index >= 15 is 0 Å². The van der Waals surface area contributed by atoms with E-state index in [2.05, 4.69) is 5.92 Å². The van der Waals surface area contributed by atoms with Crippen LogP contribution in [0, 0.1) is 12.3 Å². The van der Waals surface area contributed by atoms with E-state index in [1.54, 1.807) is 0 Å². The van der Waals surface area contributed by atoms with Crippen molar-refractivity contribution < 1.29 is 57.1 Å². The lowest BCUT2D eigenvalue weighted by Crippen LogP contribution is -2.70. The fraction of sp³-hybridized carbons (Fsp3) is 0.857. The van der Waals surface area contributed by atoms with E-state index in [0.717, 1.165) is 0 Å². The van der Waals surface area contributed by atoms with Gasteiger partial charge in [-0.05, 0) is 12.8 Å². The zero-order valence-corrected chi connectivity index (χ0v) is 13.2. The average Bonchev–Trinajstić information content (AvgIpc) is 2.48. The molecule has 0 N–H and O–H groups in total. The molecule has 0 atom stereocenters. The summed E-state index contributed by atoms with van der Waals surface area (Å²) in [5, 5.41) is 0. The van der Waals surface area contributed by atoms with Crippen molar-refractivity contribution in [1.82, 2.24) is 0 Å². The van der Waals surface area contributed by atoms with Crippen LogP contribution in [-0.4, -0.2) is 35.8 Å². The van der Waals surface area contributed by atoms with Gasteiger partial charge in [-0.25, -0.2) is 0 Å². The first kappa shape index (κ1) is 25.6. The minimum atomic E-state index is -7.84. The molecule has 0 fully saturated rings. The van der Waals surface area contributed by atoms with Gasteiger partial charge < -0.3 is 0 Å². The fourth-order valence-corrected chi connectivity index (χ4v) is 1.89. The average molecular weight is 428 g/mol. The second kappa shape index (κ2) is 7.95. The molecule has 0 aromatic heterocycles. The Morgan fingerprint density at radius 1 is 0.519 bits per heavy atom. The maximum atomic E-state index is 13.4. The summed E-state index contributed by atoms with van der Waals surface area (Å²) in [5.74, 6) is -34.2. The van der Waals surface area contributed by atoms with Crippen molar-refractivity contribution in [2.45, 2.75) is 74.3 Å². The van der Waals surface area contributed by atoms with Crippen molar-refractivity contribution in [2.24, 2.45) is 0 Å². The molecule has 13 heteroatoms. The summed E-state index contributed by atoms with van der Waals surface area (Å²) in [6.07, 6.45) is -5.32. The zero-order chi connectivity index (χ0) is 21.9. The van der Waals surface area contributed by atoms with Crippen LogP contribution in [0.4, 0.5) is 57.1 Å². The highest BCUT2D eigenvalue weighted by Crippen LogP contribution is 2.60. The third-order valence-corrected chi connectivity index (χ3v) is 3.56. The molecular weight excluding hydrogens is 415 g/mol. The first-order valence-electron chi connectivity index (χ1n) is 7.20. The lowest BCUT2D eigenvalue weighted by molar-refractivity contribution is -0.440. The van der Waals surface area contributed by atoms with Gasteiger partial charge in [-0.1, -0.05) is 12.8 Å². The van der Waals surface area contributed by atoms with Crippen molar-refractivity contribution in [1.29, 1.82) is 0 Å². The van der Waals surface area contributed by atoms with E-state index in [1.165, 1.54) is 0 Å². The van der Waals surface area contributed by atoms with Crippen LogP contribution < -0.4 is 0 Å². The maximum absolute atomic E-state index is 13.4. The second-order valence-corrected chi connectivity index (χ2v) is 5.62. The van der Waals surface area contributed by atoms with Gasteiger partial charge >= 0.3 is 35.8 Å². The van der Waals surface area contributed by atoms with E-state index in [9.17, 15) is 57.1 Å². The third-order valence-electron chi connectivity index (χ3n) is 3.56. The standard InChI is InChI=1S/C14H13F13/c1-2-3-4-5-6-7-8-9(15,16)10(17,18)11(19,20)12(21,22)13(23,24)14(25,26)27/h1H,3-8H2. The van der Waals surface area contributed by atoms with Crippen molar-refractivity contribution in [3.8, 4) is 12.3 Å². The minimum Gasteiger partial charge on any atom is -0.200 e. The normalized spacial score (nSPS) is 15.0. The summed E-state index contributed by atoms with van der Waals surface area (Å²) < 4.78 is 167. The summed E-state index contributed by atoms with van der Waals surface area (Å²) in [6, 6.07) is 0. The second-order valence-electron chi connectivity index (χ2n) is 5.62. The molecule has 0 aliphatic rings. The summed E-state index contributed by atoms with van der Waals surface area (Å²) in [7, 11) is 0. The molecule has 0 aromatic carbocycles. The lowest BCUT2D eigenvalue weighted by atomic mass is 9.91. The number of alkyl halides is 13. The molecule has 0 heterocycles. The van der Waals surface area contributed by atoms with E-state index in [1.807, 2.05) is 0 Å². The Hall–Kier alpha value is -1.35. The lowest BCUT2D eigenvalue weighted by Gasteiger charge is -2.39. The minimum absolute atomic E-state index is 0.0878. The van der Waals surface area contributed by atoms with Gasteiger partial charge in [0.15, 0.2) is 0 Å². The highest BCUT2D eigenvalue weighted by atomic mass is 19.4. The molecule has 0 unspecified atom stereocenters. The summed E-state index contributed by atoms with van der Waals surface area (Å²) >= 11 is 0. The SMILES string of the molecule is C#CCCCCCCC(F)(F)C(F)(F)C(F)(F)C(F)(F)C(F)(F)C(F)(F)F. The largest absolute Gasteiger partial charge is 0.460 e. The summed E-state index contributed by atoms with van der Waals surface area (Å²) in [5.41, 5.74) is 0. The predicted octanol–water partition coefficient (Wildman–Crippen LogP) is 6.70. The number of halogens is 13. The van der Waals surface area contributed by atoms with Gasteiger partial charge in [0.2, 0.25) is 0 Å². The molecule has 160 valence electrons. The molecule has 0 rings (SSSR count). The van der Waals surface area contributed by atoms with Crippen LogP contribution in [0.3, 0.4) is 0 Å². The van der Waals surface area contributed by atoms with Crippen LogP contribution in [0.25, 0.3) is 0 Å². The Labute approximate surface area is 145 Å². The van der Waals surface area contributed by atoms with Gasteiger partial charge in [-0.15, -0.1) is 12.3 Å². The smallest absolute Gasteiger partial charge is 0.200 e. The third kappa shape index (κ3) is 4.56. The van der Waals surface area contributed by atoms with E-state index in [-0.39, 0.29) is 25.7 Å². The molecule has 0 spiro atoms. The Bertz CT molecular complexity index is 524. The van der Waals surface area contributed by atoms with Gasteiger partial charge in [0.05, 0.1) is 0 Å². The Morgan fingerprint density at radius 3 is 1.33 bits per heavy atom. The van der Waals surface area contributed by atoms with Crippen LogP contribution in [0.2, 0.25) is 0 Å². The maximum Gasteiger partial charge on any atom is 0.460 e. The van der Waals surface area contributed by atoms with E-state index in [0.29, 0.717) is 0 Å². The predicted molar refractivity (Wildman–Crippen MR) is 67.3 cm³/mol. The number of hydrogen-bond acceptors (Lipinski definition) is 0. The highest BCUT2D eigenvalue weighted by molar-refractivity contribution is 5.10. The number of unbranched alkanes of at least 4 members (excludes halogenated alkanes) is 4. The van der Waals surface area contributed by atoms with Gasteiger partial charge in [-0.2, -0.15) is 57.1 Å². The first-order chi connectivity index (χ1) is 11.8. The molecule has 0 bridgehead atoms. The quantitative estimate of drug-likeness (QED) is 0.206. The topological polar surface area (TPSA) is 0 Å². The molecule has 0 aromatic rings. The van der Waals surface area contributed by atoms with Crippen LogP contribution in [0.5, 0.6) is 0 Å². The Balaban J connectivity index is 5.53. The van der Waals surface area contributed by atoms with Gasteiger partial charge in [0, 0.05) is 12.8 Å². The van der Waals surface area contributed by atoms with E-state index in [4.69, 9.17) is 6.42 Å². The highest BCUT2D eigenvalue weighted by Gasteiger charge is 2.90. The molecule has 0 saturated heterocycles. The van der Waals surface area contributed by atoms with Crippen LogP contribution in [-0.2, 0) is 0 Å². The monoisotopic (exact) mass is 428 g/mol. The molecule has 27 heavy (non-hydrogen) atoms. The summed E-state index contributed by atoms with van der Waals surface area (Å²) in [4.78, 5) is 0. The van der Waals surface area contributed by atoms with Gasteiger partial charge in [0.25, 0.3) is 0 Å². The molecular formula is C14H13F13. The van der Waals surface area contributed by atoms with Crippen molar-refractivity contribution in [2.75, 3.05) is 0 Å². The first-order valence-corrected chi connectivity index (χ1v) is 7.20. The van der Waals surface area contributed by atoms with E-state index < -0.39 is 48.6 Å². The van der Waals surface area contributed by atoms with Crippen LogP contribution in [0.15, 0.2) is 0 Å². The van der Waals surface area contributed by atoms with Crippen LogP contribution in [0.1, 0.15) is 38.5 Å². The number of rotatable bonds is 10. The molecule has 0 aliphatic carbocycles.